The molecule has 4 rings (SSSR count). The molecule has 0 unspecified atom stereocenters. The molecule has 4 nitrogen and oxygen atoms in total. The Morgan fingerprint density at radius 2 is 1.06 bits per heavy atom. The predicted octanol–water partition coefficient (Wildman–Crippen LogP) is 5.50. The lowest BCUT2D eigenvalue weighted by molar-refractivity contribution is 0.370. The first kappa shape index (κ1) is 20.7. The number of aromatic nitrogens is 2. The minimum atomic E-state index is 0.232. The highest BCUT2D eigenvalue weighted by molar-refractivity contribution is 5.72. The fourth-order valence-electron chi connectivity index (χ4n) is 3.15. The third-order valence-corrected chi connectivity index (χ3v) is 4.70. The lowest BCUT2D eigenvalue weighted by Crippen LogP contribution is -1.97. The summed E-state index contributed by atoms with van der Waals surface area (Å²) in [6.07, 6.45) is 10.5. The molecule has 0 fully saturated rings. The van der Waals surface area contributed by atoms with Gasteiger partial charge in [-0.25, -0.2) is 9.97 Å². The molecule has 1 heterocycles. The van der Waals surface area contributed by atoms with Gasteiger partial charge in [-0.05, 0) is 54.6 Å². The predicted molar refractivity (Wildman–Crippen MR) is 127 cm³/mol. The number of benzene rings is 3. The highest BCUT2D eigenvalue weighted by Gasteiger charge is 2.11. The number of rotatable bonds is 7. The molecule has 0 amide bonds. The van der Waals surface area contributed by atoms with Crippen LogP contribution in [0.2, 0.25) is 0 Å². The third kappa shape index (κ3) is 4.95. The first-order valence-electron chi connectivity index (χ1n) is 10.0. The smallest absolute Gasteiger partial charge is 0.160 e. The zero-order chi connectivity index (χ0) is 22.2. The second kappa shape index (κ2) is 9.98. The lowest BCUT2D eigenvalue weighted by Gasteiger charge is -2.10. The van der Waals surface area contributed by atoms with Crippen molar-refractivity contribution in [3.8, 4) is 70.1 Å². The molecular weight excluding hydrogens is 396 g/mol. The van der Waals surface area contributed by atoms with E-state index in [1.807, 2.05) is 84.9 Å². The van der Waals surface area contributed by atoms with Crippen molar-refractivity contribution < 1.29 is 9.47 Å². The number of ether oxygens (including phenoxy) is 2. The van der Waals surface area contributed by atoms with Crippen molar-refractivity contribution in [1.29, 1.82) is 0 Å². The molecule has 4 heteroatoms. The van der Waals surface area contributed by atoms with Gasteiger partial charge in [0.25, 0.3) is 0 Å². The van der Waals surface area contributed by atoms with E-state index in [-0.39, 0.29) is 13.2 Å². The fourth-order valence-corrected chi connectivity index (χ4v) is 3.15. The molecule has 0 radical (unpaired) electrons. The van der Waals surface area contributed by atoms with E-state index >= 15 is 0 Å². The summed E-state index contributed by atoms with van der Waals surface area (Å²) in [5.41, 5.74) is 4.47. The van der Waals surface area contributed by atoms with E-state index in [2.05, 4.69) is 11.8 Å². The van der Waals surface area contributed by atoms with E-state index in [0.29, 0.717) is 17.3 Å². The fraction of sp³-hybridized carbons (Fsp3) is 0.0714. The normalized spacial score (nSPS) is 10.1. The van der Waals surface area contributed by atoms with E-state index in [0.717, 1.165) is 28.1 Å². The summed E-state index contributed by atoms with van der Waals surface area (Å²) in [6, 6.07) is 27.3. The maximum atomic E-state index is 5.48. The summed E-state index contributed by atoms with van der Waals surface area (Å²) in [5, 5.41) is 0. The molecule has 0 N–H and O–H groups in total. The van der Waals surface area contributed by atoms with Crippen LogP contribution >= 0.6 is 0 Å². The number of nitrogens with zero attached hydrogens (tertiary/aromatic N) is 2. The van der Waals surface area contributed by atoms with E-state index in [1.165, 1.54) is 0 Å². The monoisotopic (exact) mass is 416 g/mol. The molecule has 0 atom stereocenters. The number of terminal acetylenes is 2. The zero-order valence-corrected chi connectivity index (χ0v) is 17.4. The standard InChI is InChI=1S/C28H20N2O2/c1-3-18-31-24-14-10-21(11-15-24)26-20-27(22-12-16-25(17-13-22)32-19-4-2)30-28(29-26)23-8-6-5-7-9-23/h1-2,5-17,20H,18-19H2. The molecule has 0 spiro atoms. The van der Waals surface area contributed by atoms with Crippen LogP contribution < -0.4 is 9.47 Å². The summed E-state index contributed by atoms with van der Waals surface area (Å²) in [5.74, 6) is 7.02. The molecule has 4 aromatic rings. The minimum Gasteiger partial charge on any atom is -0.481 e. The van der Waals surface area contributed by atoms with Gasteiger partial charge in [-0.2, -0.15) is 0 Å². The van der Waals surface area contributed by atoms with Crippen LogP contribution in [0.15, 0.2) is 84.9 Å². The van der Waals surface area contributed by atoms with Crippen LogP contribution in [0, 0.1) is 24.7 Å². The molecule has 0 saturated heterocycles. The Bertz CT molecular complexity index is 1190. The number of hydrogen-bond acceptors (Lipinski definition) is 4. The molecule has 0 saturated carbocycles. The molecule has 3 aromatic carbocycles. The van der Waals surface area contributed by atoms with Crippen molar-refractivity contribution in [3.63, 3.8) is 0 Å². The van der Waals surface area contributed by atoms with Gasteiger partial charge in [-0.1, -0.05) is 42.2 Å². The van der Waals surface area contributed by atoms with E-state index in [9.17, 15) is 0 Å². The van der Waals surface area contributed by atoms with Crippen molar-refractivity contribution in [2.24, 2.45) is 0 Å². The van der Waals surface area contributed by atoms with Crippen LogP contribution in [0.25, 0.3) is 33.9 Å². The summed E-state index contributed by atoms with van der Waals surface area (Å²) < 4.78 is 11.0. The summed E-state index contributed by atoms with van der Waals surface area (Å²) in [7, 11) is 0. The van der Waals surface area contributed by atoms with Gasteiger partial charge in [-0.3, -0.25) is 0 Å². The van der Waals surface area contributed by atoms with E-state index in [1.54, 1.807) is 0 Å². The van der Waals surface area contributed by atoms with E-state index in [4.69, 9.17) is 32.3 Å². The molecule has 0 aliphatic carbocycles. The first-order valence-corrected chi connectivity index (χ1v) is 10.0. The Hall–Kier alpha value is -4.54. The van der Waals surface area contributed by atoms with Gasteiger partial charge in [0, 0.05) is 16.7 Å². The van der Waals surface area contributed by atoms with Gasteiger partial charge in [0.1, 0.15) is 24.7 Å². The van der Waals surface area contributed by atoms with Gasteiger partial charge in [-0.15, -0.1) is 12.8 Å². The molecule has 154 valence electrons. The van der Waals surface area contributed by atoms with Crippen molar-refractivity contribution in [2.75, 3.05) is 13.2 Å². The van der Waals surface area contributed by atoms with Crippen LogP contribution in [-0.2, 0) is 0 Å². The Morgan fingerprint density at radius 3 is 1.50 bits per heavy atom. The highest BCUT2D eigenvalue weighted by Crippen LogP contribution is 2.29. The Labute approximate surface area is 187 Å². The average Bonchev–Trinajstić information content (AvgIpc) is 2.87. The maximum Gasteiger partial charge on any atom is 0.160 e. The topological polar surface area (TPSA) is 44.2 Å². The summed E-state index contributed by atoms with van der Waals surface area (Å²) >= 11 is 0. The van der Waals surface area contributed by atoms with Crippen LogP contribution in [0.3, 0.4) is 0 Å². The van der Waals surface area contributed by atoms with Crippen molar-refractivity contribution in [3.05, 3.63) is 84.9 Å². The minimum absolute atomic E-state index is 0.232. The van der Waals surface area contributed by atoms with Crippen LogP contribution in [-0.4, -0.2) is 23.2 Å². The van der Waals surface area contributed by atoms with Crippen LogP contribution in [0.1, 0.15) is 0 Å². The average molecular weight is 416 g/mol. The number of hydrogen-bond donors (Lipinski definition) is 0. The SMILES string of the molecule is C#CCOc1ccc(-c2cc(-c3ccc(OCC#C)cc3)nc(-c3ccccc3)n2)cc1. The Morgan fingerprint density at radius 1 is 0.594 bits per heavy atom. The molecule has 32 heavy (non-hydrogen) atoms. The molecule has 1 aromatic heterocycles. The Balaban J connectivity index is 1.74. The molecule has 0 bridgehead atoms. The molecule has 0 aliphatic rings. The largest absolute Gasteiger partial charge is 0.481 e. The highest BCUT2D eigenvalue weighted by atomic mass is 16.5. The summed E-state index contributed by atoms with van der Waals surface area (Å²) in [6.45, 7) is 0.465. The van der Waals surface area contributed by atoms with Crippen LogP contribution in [0.4, 0.5) is 0 Å². The third-order valence-electron chi connectivity index (χ3n) is 4.70. The quantitative estimate of drug-likeness (QED) is 0.373. The van der Waals surface area contributed by atoms with Crippen LogP contribution in [0.5, 0.6) is 11.5 Å². The van der Waals surface area contributed by atoms with Gasteiger partial charge in [0.2, 0.25) is 0 Å². The summed E-state index contributed by atoms with van der Waals surface area (Å²) in [4.78, 5) is 9.64. The van der Waals surface area contributed by atoms with Crippen molar-refractivity contribution >= 4 is 0 Å². The first-order chi connectivity index (χ1) is 15.8. The second-order valence-corrected chi connectivity index (χ2v) is 6.86. The van der Waals surface area contributed by atoms with E-state index < -0.39 is 0 Å². The van der Waals surface area contributed by atoms with Gasteiger partial charge in [0.05, 0.1) is 11.4 Å². The Kier molecular flexibility index (Phi) is 6.46. The van der Waals surface area contributed by atoms with Gasteiger partial charge >= 0.3 is 0 Å². The lowest BCUT2D eigenvalue weighted by atomic mass is 10.1. The van der Waals surface area contributed by atoms with Gasteiger partial charge in [0.15, 0.2) is 5.82 Å². The second-order valence-electron chi connectivity index (χ2n) is 6.86. The maximum absolute atomic E-state index is 5.48. The molecule has 0 aliphatic heterocycles. The molecular formula is C28H20N2O2. The van der Waals surface area contributed by atoms with Crippen molar-refractivity contribution in [2.45, 2.75) is 0 Å². The zero-order valence-electron chi connectivity index (χ0n) is 17.4. The van der Waals surface area contributed by atoms with Crippen molar-refractivity contribution in [1.82, 2.24) is 9.97 Å². The van der Waals surface area contributed by atoms with Gasteiger partial charge < -0.3 is 9.47 Å².